The van der Waals surface area contributed by atoms with Crippen molar-refractivity contribution < 1.29 is 0 Å². The van der Waals surface area contributed by atoms with Crippen molar-refractivity contribution in [2.24, 2.45) is 0 Å². The molecular weight excluding hydrogens is 328 g/mol. The Bertz CT molecular complexity index is 1070. The lowest BCUT2D eigenvalue weighted by atomic mass is 10.0. The molecule has 1 aromatic heterocycles. The molecule has 4 rings (SSSR count). The van der Waals surface area contributed by atoms with Gasteiger partial charge >= 0.3 is 0 Å². The third-order valence-electron chi connectivity index (χ3n) is 4.26. The van der Waals surface area contributed by atoms with E-state index in [0.717, 1.165) is 27.7 Å². The van der Waals surface area contributed by atoms with Gasteiger partial charge in [-0.05, 0) is 38.1 Å². The van der Waals surface area contributed by atoms with Crippen molar-refractivity contribution in [3.05, 3.63) is 82.9 Å². The predicted octanol–water partition coefficient (Wildman–Crippen LogP) is 6.23. The Morgan fingerprint density at radius 2 is 1.48 bits per heavy atom. The third kappa shape index (κ3) is 3.13. The van der Waals surface area contributed by atoms with Crippen LogP contribution in [0.15, 0.2) is 66.7 Å². The standard InChI is InChI=1S/C22H17ClN2/c1-14-6-9-16(10-7-14)21-19-12-15(2)8-11-20(19)24-22(25-21)17-4-3-5-18(23)13-17/h3-13H,1-2H3. The summed E-state index contributed by atoms with van der Waals surface area (Å²) in [7, 11) is 0. The summed E-state index contributed by atoms with van der Waals surface area (Å²) in [5.74, 6) is 0.689. The average Bonchev–Trinajstić information content (AvgIpc) is 2.61. The van der Waals surface area contributed by atoms with Crippen LogP contribution in [-0.2, 0) is 0 Å². The number of hydrogen-bond donors (Lipinski definition) is 0. The fourth-order valence-electron chi connectivity index (χ4n) is 2.93. The number of fused-ring (bicyclic) bond motifs is 1. The summed E-state index contributed by atoms with van der Waals surface area (Å²) in [6, 6.07) is 22.4. The van der Waals surface area contributed by atoms with E-state index in [9.17, 15) is 0 Å². The molecule has 3 heteroatoms. The van der Waals surface area contributed by atoms with Gasteiger partial charge in [-0.3, -0.25) is 0 Å². The van der Waals surface area contributed by atoms with Gasteiger partial charge < -0.3 is 0 Å². The maximum Gasteiger partial charge on any atom is 0.160 e. The molecule has 0 radical (unpaired) electrons. The minimum atomic E-state index is 0.682. The van der Waals surface area contributed by atoms with Crippen molar-refractivity contribution in [3.63, 3.8) is 0 Å². The van der Waals surface area contributed by atoms with Crippen LogP contribution in [0.2, 0.25) is 5.02 Å². The Balaban J connectivity index is 2.01. The monoisotopic (exact) mass is 344 g/mol. The lowest BCUT2D eigenvalue weighted by Crippen LogP contribution is -1.95. The van der Waals surface area contributed by atoms with E-state index in [-0.39, 0.29) is 0 Å². The minimum absolute atomic E-state index is 0.682. The van der Waals surface area contributed by atoms with Gasteiger partial charge in [-0.25, -0.2) is 9.97 Å². The van der Waals surface area contributed by atoms with Crippen LogP contribution >= 0.6 is 11.6 Å². The lowest BCUT2D eigenvalue weighted by Gasteiger charge is -2.10. The first kappa shape index (κ1) is 15.8. The molecule has 0 aliphatic rings. The first-order valence-electron chi connectivity index (χ1n) is 8.21. The van der Waals surface area contributed by atoms with Crippen LogP contribution in [0.4, 0.5) is 0 Å². The molecule has 4 aromatic rings. The summed E-state index contributed by atoms with van der Waals surface area (Å²) in [4.78, 5) is 9.65. The van der Waals surface area contributed by atoms with E-state index in [1.54, 1.807) is 0 Å². The summed E-state index contributed by atoms with van der Waals surface area (Å²) in [5, 5.41) is 1.75. The van der Waals surface area contributed by atoms with Gasteiger partial charge in [0, 0.05) is 21.5 Å². The van der Waals surface area contributed by atoms with E-state index in [4.69, 9.17) is 21.6 Å². The summed E-state index contributed by atoms with van der Waals surface area (Å²) >= 11 is 6.15. The van der Waals surface area contributed by atoms with Crippen LogP contribution in [0.25, 0.3) is 33.5 Å². The van der Waals surface area contributed by atoms with Gasteiger partial charge in [0.05, 0.1) is 11.2 Å². The largest absolute Gasteiger partial charge is 0.228 e. The fourth-order valence-corrected chi connectivity index (χ4v) is 3.12. The lowest BCUT2D eigenvalue weighted by molar-refractivity contribution is 1.22. The Morgan fingerprint density at radius 3 is 2.24 bits per heavy atom. The Kier molecular flexibility index (Phi) is 3.98. The van der Waals surface area contributed by atoms with Crippen LogP contribution in [0, 0.1) is 13.8 Å². The van der Waals surface area contributed by atoms with E-state index >= 15 is 0 Å². The normalized spacial score (nSPS) is 11.0. The van der Waals surface area contributed by atoms with E-state index in [0.29, 0.717) is 10.8 Å². The zero-order valence-corrected chi connectivity index (χ0v) is 14.9. The highest BCUT2D eigenvalue weighted by molar-refractivity contribution is 6.30. The molecule has 0 bridgehead atoms. The van der Waals surface area contributed by atoms with Crippen molar-refractivity contribution in [2.75, 3.05) is 0 Å². The SMILES string of the molecule is Cc1ccc(-c2nc(-c3cccc(Cl)c3)nc3ccc(C)cc23)cc1. The topological polar surface area (TPSA) is 25.8 Å². The summed E-state index contributed by atoms with van der Waals surface area (Å²) in [5.41, 5.74) is 6.32. The van der Waals surface area contributed by atoms with Crippen molar-refractivity contribution >= 4 is 22.5 Å². The van der Waals surface area contributed by atoms with Crippen LogP contribution in [0.5, 0.6) is 0 Å². The number of aryl methyl sites for hydroxylation is 2. The minimum Gasteiger partial charge on any atom is -0.228 e. The van der Waals surface area contributed by atoms with E-state index in [1.165, 1.54) is 11.1 Å². The van der Waals surface area contributed by atoms with E-state index < -0.39 is 0 Å². The van der Waals surface area contributed by atoms with Crippen LogP contribution in [0.3, 0.4) is 0 Å². The van der Waals surface area contributed by atoms with Gasteiger partial charge in [-0.15, -0.1) is 0 Å². The predicted molar refractivity (Wildman–Crippen MR) is 105 cm³/mol. The zero-order valence-electron chi connectivity index (χ0n) is 14.1. The number of nitrogens with zero attached hydrogens (tertiary/aromatic N) is 2. The maximum atomic E-state index is 6.15. The zero-order chi connectivity index (χ0) is 17.4. The highest BCUT2D eigenvalue weighted by atomic mass is 35.5. The molecule has 0 amide bonds. The van der Waals surface area contributed by atoms with E-state index in [2.05, 4.69) is 56.3 Å². The molecule has 3 aromatic carbocycles. The molecule has 122 valence electrons. The number of halogens is 1. The summed E-state index contributed by atoms with van der Waals surface area (Å²) < 4.78 is 0. The molecule has 0 N–H and O–H groups in total. The molecule has 0 unspecified atom stereocenters. The first-order chi connectivity index (χ1) is 12.1. The van der Waals surface area contributed by atoms with Crippen LogP contribution in [0.1, 0.15) is 11.1 Å². The molecule has 0 aliphatic carbocycles. The molecule has 0 fully saturated rings. The van der Waals surface area contributed by atoms with Crippen molar-refractivity contribution in [1.82, 2.24) is 9.97 Å². The van der Waals surface area contributed by atoms with Crippen molar-refractivity contribution in [3.8, 4) is 22.6 Å². The maximum absolute atomic E-state index is 6.15. The second-order valence-electron chi connectivity index (χ2n) is 6.29. The number of aromatic nitrogens is 2. The van der Waals surface area contributed by atoms with Gasteiger partial charge in [-0.2, -0.15) is 0 Å². The van der Waals surface area contributed by atoms with Gasteiger partial charge in [0.15, 0.2) is 5.82 Å². The highest BCUT2D eigenvalue weighted by Gasteiger charge is 2.12. The molecule has 25 heavy (non-hydrogen) atoms. The second kappa shape index (κ2) is 6.30. The first-order valence-corrected chi connectivity index (χ1v) is 8.59. The van der Waals surface area contributed by atoms with Gasteiger partial charge in [-0.1, -0.05) is 65.2 Å². The smallest absolute Gasteiger partial charge is 0.160 e. The Morgan fingerprint density at radius 1 is 0.720 bits per heavy atom. The molecule has 2 nitrogen and oxygen atoms in total. The molecule has 0 spiro atoms. The molecule has 1 heterocycles. The Labute approximate surface area is 152 Å². The molecule has 0 saturated heterocycles. The van der Waals surface area contributed by atoms with Gasteiger partial charge in [0.25, 0.3) is 0 Å². The number of hydrogen-bond acceptors (Lipinski definition) is 2. The second-order valence-corrected chi connectivity index (χ2v) is 6.73. The average molecular weight is 345 g/mol. The Hall–Kier alpha value is -2.71. The number of rotatable bonds is 2. The highest BCUT2D eigenvalue weighted by Crippen LogP contribution is 2.30. The quantitative estimate of drug-likeness (QED) is 0.430. The van der Waals surface area contributed by atoms with E-state index in [1.807, 2.05) is 24.3 Å². The van der Waals surface area contributed by atoms with Crippen molar-refractivity contribution in [2.45, 2.75) is 13.8 Å². The number of benzene rings is 3. The van der Waals surface area contributed by atoms with Crippen LogP contribution in [-0.4, -0.2) is 9.97 Å². The molecular formula is C22H17ClN2. The molecule has 0 atom stereocenters. The summed E-state index contributed by atoms with van der Waals surface area (Å²) in [6.07, 6.45) is 0. The third-order valence-corrected chi connectivity index (χ3v) is 4.49. The summed E-state index contributed by atoms with van der Waals surface area (Å²) in [6.45, 7) is 4.17. The molecule has 0 saturated carbocycles. The van der Waals surface area contributed by atoms with Gasteiger partial charge in [0.1, 0.15) is 0 Å². The van der Waals surface area contributed by atoms with Crippen molar-refractivity contribution in [1.29, 1.82) is 0 Å². The van der Waals surface area contributed by atoms with Gasteiger partial charge in [0.2, 0.25) is 0 Å². The fraction of sp³-hybridized carbons (Fsp3) is 0.0909. The van der Waals surface area contributed by atoms with Crippen LogP contribution < -0.4 is 0 Å². The molecule has 0 aliphatic heterocycles.